The first-order valence-corrected chi connectivity index (χ1v) is 4.70. The van der Waals surface area contributed by atoms with Crippen molar-refractivity contribution in [1.82, 2.24) is 0 Å². The Bertz CT molecular complexity index is 173. The van der Waals surface area contributed by atoms with E-state index in [9.17, 15) is 4.79 Å². The second-order valence-corrected chi connectivity index (χ2v) is 3.12. The van der Waals surface area contributed by atoms with Crippen molar-refractivity contribution in [2.45, 2.75) is 45.1 Å². The molecule has 1 atom stereocenters. The highest BCUT2D eigenvalue weighted by atomic mass is 16.6. The van der Waals surface area contributed by atoms with Gasteiger partial charge in [-0.3, -0.25) is 0 Å². The van der Waals surface area contributed by atoms with Gasteiger partial charge in [-0.05, 0) is 25.7 Å². The number of unbranched alkanes of at least 4 members (excludes halogenated alkanes) is 2. The summed E-state index contributed by atoms with van der Waals surface area (Å²) in [7, 11) is 0. The predicted molar refractivity (Wildman–Crippen MR) is 47.8 cm³/mol. The maximum Gasteiger partial charge on any atom is 0.348 e. The van der Waals surface area contributed by atoms with E-state index in [2.05, 4.69) is 23.8 Å². The predicted octanol–water partition coefficient (Wildman–Crippen LogP) is 2.44. The van der Waals surface area contributed by atoms with E-state index in [1.54, 1.807) is 0 Å². The van der Waals surface area contributed by atoms with E-state index >= 15 is 0 Å². The van der Waals surface area contributed by atoms with Crippen LogP contribution in [0.3, 0.4) is 0 Å². The minimum absolute atomic E-state index is 0.0208. The molecular weight excluding hydrogens is 152 g/mol. The molecule has 0 saturated carbocycles. The normalized spacial score (nSPS) is 21.4. The van der Waals surface area contributed by atoms with E-state index < -0.39 is 0 Å². The second-order valence-electron chi connectivity index (χ2n) is 3.12. The lowest BCUT2D eigenvalue weighted by molar-refractivity contribution is -0.117. The number of epoxide rings is 1. The van der Waals surface area contributed by atoms with Crippen molar-refractivity contribution >= 4 is 5.97 Å². The number of carbonyl (C=O) groups is 1. The van der Waals surface area contributed by atoms with Crippen LogP contribution in [0.1, 0.15) is 39.0 Å². The number of hydrogen-bond acceptors (Lipinski definition) is 2. The zero-order chi connectivity index (χ0) is 8.81. The smallest absolute Gasteiger partial charge is 0.348 e. The van der Waals surface area contributed by atoms with Crippen LogP contribution in [0, 0.1) is 0 Å². The molecule has 2 nitrogen and oxygen atoms in total. The molecule has 0 spiro atoms. The third-order valence-corrected chi connectivity index (χ3v) is 1.92. The highest BCUT2D eigenvalue weighted by molar-refractivity contribution is 5.87. The van der Waals surface area contributed by atoms with Gasteiger partial charge in [-0.1, -0.05) is 25.5 Å². The molecule has 2 heteroatoms. The maximum atomic E-state index is 10.4. The topological polar surface area (TPSA) is 29.6 Å². The molecule has 0 aromatic heterocycles. The molecule has 0 amide bonds. The van der Waals surface area contributed by atoms with Gasteiger partial charge in [-0.2, -0.15) is 0 Å². The number of cyclic esters (lactones) is 1. The van der Waals surface area contributed by atoms with Crippen molar-refractivity contribution in [3.8, 4) is 0 Å². The average Bonchev–Trinajstić information content (AvgIpc) is 2.74. The molecule has 1 saturated heterocycles. The number of rotatable bonds is 6. The fourth-order valence-electron chi connectivity index (χ4n) is 1.11. The summed E-state index contributed by atoms with van der Waals surface area (Å²) in [6.07, 6.45) is 9.76. The molecule has 0 aliphatic carbocycles. The van der Waals surface area contributed by atoms with Crippen molar-refractivity contribution in [2.24, 2.45) is 0 Å². The van der Waals surface area contributed by atoms with E-state index in [1.807, 2.05) is 0 Å². The highest BCUT2D eigenvalue weighted by Gasteiger charge is 2.36. The Kier molecular flexibility index (Phi) is 3.85. The van der Waals surface area contributed by atoms with Crippen LogP contribution in [0.25, 0.3) is 0 Å². The van der Waals surface area contributed by atoms with Crippen molar-refractivity contribution in [1.29, 1.82) is 0 Å². The first-order chi connectivity index (χ1) is 5.84. The quantitative estimate of drug-likeness (QED) is 0.346. The first-order valence-electron chi connectivity index (χ1n) is 4.70. The van der Waals surface area contributed by atoms with Crippen molar-refractivity contribution in [3.63, 3.8) is 0 Å². The number of carbonyl (C=O) groups excluding carboxylic acids is 1. The molecule has 1 fully saturated rings. The van der Waals surface area contributed by atoms with Crippen LogP contribution in [0.5, 0.6) is 0 Å². The summed E-state index contributed by atoms with van der Waals surface area (Å²) in [6, 6.07) is 0. The molecule has 1 aliphatic rings. The monoisotopic (exact) mass is 168 g/mol. The average molecular weight is 168 g/mol. The van der Waals surface area contributed by atoms with Gasteiger partial charge in [-0.15, -0.1) is 0 Å². The van der Waals surface area contributed by atoms with Crippen molar-refractivity contribution in [2.75, 3.05) is 0 Å². The van der Waals surface area contributed by atoms with Gasteiger partial charge in [0.05, 0.1) is 0 Å². The Morgan fingerprint density at radius 1 is 1.42 bits per heavy atom. The highest BCUT2D eigenvalue weighted by Crippen LogP contribution is 2.18. The van der Waals surface area contributed by atoms with E-state index in [4.69, 9.17) is 0 Å². The lowest BCUT2D eigenvalue weighted by Gasteiger charge is -1.89. The lowest BCUT2D eigenvalue weighted by atomic mass is 10.2. The SMILES string of the molecule is CCCC=CCCCC1OC1=O. The van der Waals surface area contributed by atoms with Crippen molar-refractivity contribution < 1.29 is 9.53 Å². The molecule has 0 bridgehead atoms. The van der Waals surface area contributed by atoms with Gasteiger partial charge in [0.15, 0.2) is 6.10 Å². The molecule has 12 heavy (non-hydrogen) atoms. The van der Waals surface area contributed by atoms with Crippen LogP contribution in [0.15, 0.2) is 12.2 Å². The zero-order valence-corrected chi connectivity index (χ0v) is 7.58. The molecule has 0 aromatic rings. The summed E-state index contributed by atoms with van der Waals surface area (Å²) < 4.78 is 4.68. The second kappa shape index (κ2) is 4.96. The fraction of sp³-hybridized carbons (Fsp3) is 0.700. The third-order valence-electron chi connectivity index (χ3n) is 1.92. The van der Waals surface area contributed by atoms with Crippen LogP contribution in [-0.2, 0) is 9.53 Å². The third kappa shape index (κ3) is 3.56. The van der Waals surface area contributed by atoms with Crippen molar-refractivity contribution in [3.05, 3.63) is 12.2 Å². The summed E-state index contributed by atoms with van der Waals surface area (Å²) in [6.45, 7) is 2.17. The summed E-state index contributed by atoms with van der Waals surface area (Å²) in [5.74, 6) is -0.0208. The molecule has 1 heterocycles. The summed E-state index contributed by atoms with van der Waals surface area (Å²) in [4.78, 5) is 10.4. The number of hydrogen-bond donors (Lipinski definition) is 0. The van der Waals surface area contributed by atoms with Gasteiger partial charge < -0.3 is 4.74 Å². The molecule has 1 rings (SSSR count). The Morgan fingerprint density at radius 3 is 2.67 bits per heavy atom. The summed E-state index contributed by atoms with van der Waals surface area (Å²) >= 11 is 0. The Morgan fingerprint density at radius 2 is 2.08 bits per heavy atom. The number of ether oxygens (including phenoxy) is 1. The van der Waals surface area contributed by atoms with Gasteiger partial charge in [0, 0.05) is 0 Å². The summed E-state index contributed by atoms with van der Waals surface area (Å²) in [5, 5.41) is 0. The van der Waals surface area contributed by atoms with E-state index in [1.165, 1.54) is 12.8 Å². The van der Waals surface area contributed by atoms with Gasteiger partial charge in [0.25, 0.3) is 0 Å². The molecule has 68 valence electrons. The van der Waals surface area contributed by atoms with E-state index in [-0.39, 0.29) is 12.1 Å². The maximum absolute atomic E-state index is 10.4. The Balaban J connectivity index is 1.86. The Hall–Kier alpha value is -0.790. The molecule has 1 aliphatic heterocycles. The lowest BCUT2D eigenvalue weighted by Crippen LogP contribution is -1.85. The molecule has 1 unspecified atom stereocenters. The molecular formula is C10H16O2. The van der Waals surface area contributed by atoms with Crippen LogP contribution in [0.4, 0.5) is 0 Å². The van der Waals surface area contributed by atoms with Crippen LogP contribution >= 0.6 is 0 Å². The van der Waals surface area contributed by atoms with Crippen LogP contribution in [-0.4, -0.2) is 12.1 Å². The van der Waals surface area contributed by atoms with Gasteiger partial charge >= 0.3 is 5.97 Å². The minimum atomic E-state index is -0.0513. The van der Waals surface area contributed by atoms with Gasteiger partial charge in [0.2, 0.25) is 0 Å². The van der Waals surface area contributed by atoms with E-state index in [0.717, 1.165) is 19.3 Å². The molecule has 0 radical (unpaired) electrons. The molecule has 0 N–H and O–H groups in total. The van der Waals surface area contributed by atoms with E-state index in [0.29, 0.717) is 0 Å². The standard InChI is InChI=1S/C10H16O2/c1-2-3-4-5-6-7-8-9-10(11)12-9/h4-5,9H,2-3,6-8H2,1H3. The summed E-state index contributed by atoms with van der Waals surface area (Å²) in [5.41, 5.74) is 0. The van der Waals surface area contributed by atoms with Crippen LogP contribution in [0.2, 0.25) is 0 Å². The first kappa shape index (κ1) is 9.30. The Labute approximate surface area is 73.6 Å². The fourth-order valence-corrected chi connectivity index (χ4v) is 1.11. The van der Waals surface area contributed by atoms with Gasteiger partial charge in [-0.25, -0.2) is 4.79 Å². The molecule has 0 aromatic carbocycles. The largest absolute Gasteiger partial charge is 0.448 e. The zero-order valence-electron chi connectivity index (χ0n) is 7.58. The van der Waals surface area contributed by atoms with Crippen LogP contribution < -0.4 is 0 Å². The van der Waals surface area contributed by atoms with Gasteiger partial charge in [0.1, 0.15) is 0 Å². The minimum Gasteiger partial charge on any atom is -0.448 e. The number of allylic oxidation sites excluding steroid dienone is 2.